The molecular weight excluding hydrogens is 292 g/mol. The highest BCUT2D eigenvalue weighted by atomic mass is 16.5. The quantitative estimate of drug-likeness (QED) is 0.755. The van der Waals surface area contributed by atoms with Crippen LogP contribution in [0, 0.1) is 0 Å². The first-order chi connectivity index (χ1) is 12.3. The molecule has 23 heavy (non-hydrogen) atoms. The van der Waals surface area contributed by atoms with Crippen molar-refractivity contribution in [1.82, 2.24) is 14.5 Å². The van der Waals surface area contributed by atoms with Gasteiger partial charge in [0.2, 0.25) is 0 Å². The topological polar surface area (TPSA) is 86.2 Å². The van der Waals surface area contributed by atoms with Crippen LogP contribution in [-0.2, 0) is 17.8 Å². The predicted molar refractivity (Wildman–Crippen MR) is 91.1 cm³/mol. The highest BCUT2D eigenvalue weighted by Gasteiger charge is 2.22. The Morgan fingerprint density at radius 1 is 1.35 bits per heavy atom. The Morgan fingerprint density at radius 3 is 2.78 bits per heavy atom. The van der Waals surface area contributed by atoms with Gasteiger partial charge in [0.1, 0.15) is 17.9 Å². The van der Waals surface area contributed by atoms with Crippen molar-refractivity contribution in [3.8, 4) is 0 Å². The van der Waals surface area contributed by atoms with Crippen molar-refractivity contribution in [3.05, 3.63) is 30.1 Å². The zero-order valence-electron chi connectivity index (χ0n) is 17.3. The number of hydrogen-bond acceptors (Lipinski definition) is 5. The predicted octanol–water partition coefficient (Wildman–Crippen LogP) is 2.47. The minimum atomic E-state index is -2.56. The number of rotatable bonds is 5. The zero-order valence-corrected chi connectivity index (χ0v) is 13.3. The summed E-state index contributed by atoms with van der Waals surface area (Å²) < 4.78 is 38.1. The number of aliphatic hydroxyl groups is 1. The van der Waals surface area contributed by atoms with E-state index < -0.39 is 18.7 Å². The maximum absolute atomic E-state index is 10.4. The van der Waals surface area contributed by atoms with Crippen LogP contribution >= 0.6 is 0 Å². The van der Waals surface area contributed by atoms with Crippen LogP contribution in [0.15, 0.2) is 24.3 Å². The highest BCUT2D eigenvalue weighted by molar-refractivity contribution is 6.06. The molecule has 0 aliphatic heterocycles. The summed E-state index contributed by atoms with van der Waals surface area (Å²) in [6.45, 7) is -0.500. The number of aromatic nitrogens is 3. The SMILES string of the molecule is [2H]C([2H])(C)OC([2H])([2H])c1nc2c(N)nc3ccccc3c2n1CC(C)(C)O. The molecule has 3 aromatic rings. The molecule has 0 fully saturated rings. The van der Waals surface area contributed by atoms with Gasteiger partial charge in [-0.2, -0.15) is 0 Å². The first kappa shape index (κ1) is 11.4. The van der Waals surface area contributed by atoms with Gasteiger partial charge in [0.25, 0.3) is 0 Å². The lowest BCUT2D eigenvalue weighted by Crippen LogP contribution is -2.27. The molecule has 0 bridgehead atoms. The molecule has 6 nitrogen and oxygen atoms in total. The molecule has 0 saturated carbocycles. The average molecular weight is 318 g/mol. The number of nitrogens with zero attached hydrogens (tertiary/aromatic N) is 3. The van der Waals surface area contributed by atoms with Crippen LogP contribution in [0.5, 0.6) is 0 Å². The zero-order chi connectivity index (χ0) is 20.2. The molecule has 3 rings (SSSR count). The van der Waals surface area contributed by atoms with Gasteiger partial charge in [-0.25, -0.2) is 9.97 Å². The van der Waals surface area contributed by atoms with Crippen molar-refractivity contribution >= 4 is 27.8 Å². The lowest BCUT2D eigenvalue weighted by atomic mass is 10.1. The van der Waals surface area contributed by atoms with Crippen LogP contribution < -0.4 is 5.73 Å². The number of nitrogen functional groups attached to an aromatic ring is 1. The molecule has 0 radical (unpaired) electrons. The minimum absolute atomic E-state index is 0.00185. The summed E-state index contributed by atoms with van der Waals surface area (Å²) in [5.74, 6) is -0.0649. The molecule has 6 heteroatoms. The van der Waals surface area contributed by atoms with Crippen LogP contribution in [0.25, 0.3) is 21.9 Å². The Labute approximate surface area is 140 Å². The van der Waals surface area contributed by atoms with Gasteiger partial charge in [-0.05, 0) is 26.8 Å². The van der Waals surface area contributed by atoms with Gasteiger partial charge in [-0.3, -0.25) is 0 Å². The van der Waals surface area contributed by atoms with Crippen LogP contribution in [0.4, 0.5) is 5.82 Å². The lowest BCUT2D eigenvalue weighted by Gasteiger charge is -2.20. The van der Waals surface area contributed by atoms with Gasteiger partial charge in [0.15, 0.2) is 5.82 Å². The Bertz CT molecular complexity index is 1010. The van der Waals surface area contributed by atoms with E-state index in [0.29, 0.717) is 16.4 Å². The number of hydrogen-bond donors (Lipinski definition) is 2. The largest absolute Gasteiger partial charge is 0.389 e. The van der Waals surface area contributed by atoms with Crippen molar-refractivity contribution in [2.24, 2.45) is 0 Å². The van der Waals surface area contributed by atoms with E-state index in [2.05, 4.69) is 9.97 Å². The molecule has 0 atom stereocenters. The van der Waals surface area contributed by atoms with Gasteiger partial charge in [0, 0.05) is 11.9 Å². The number of benzene rings is 1. The first-order valence-corrected chi connectivity index (χ1v) is 7.26. The third kappa shape index (κ3) is 3.00. The second kappa shape index (κ2) is 5.79. The average Bonchev–Trinajstić information content (AvgIpc) is 2.84. The van der Waals surface area contributed by atoms with E-state index >= 15 is 0 Å². The van der Waals surface area contributed by atoms with Gasteiger partial charge in [-0.15, -0.1) is 0 Å². The van der Waals surface area contributed by atoms with Gasteiger partial charge >= 0.3 is 0 Å². The summed E-state index contributed by atoms with van der Waals surface area (Å²) in [5, 5.41) is 11.1. The monoisotopic (exact) mass is 318 g/mol. The number of pyridine rings is 1. The van der Waals surface area contributed by atoms with E-state index in [4.69, 9.17) is 16.0 Å². The number of ether oxygens (including phenoxy) is 1. The third-order valence-electron chi connectivity index (χ3n) is 3.40. The smallest absolute Gasteiger partial charge is 0.152 e. The van der Waals surface area contributed by atoms with E-state index in [1.807, 2.05) is 18.2 Å². The highest BCUT2D eigenvalue weighted by Crippen LogP contribution is 2.30. The van der Waals surface area contributed by atoms with Crippen LogP contribution in [0.1, 0.15) is 32.1 Å². The van der Waals surface area contributed by atoms with Crippen LogP contribution in [0.3, 0.4) is 0 Å². The van der Waals surface area contributed by atoms with Crippen molar-refractivity contribution < 1.29 is 15.3 Å². The molecular formula is C17H22N4O2. The molecule has 0 aliphatic carbocycles. The Balaban J connectivity index is 2.38. The third-order valence-corrected chi connectivity index (χ3v) is 3.40. The summed E-state index contributed by atoms with van der Waals surface area (Å²) in [4.78, 5) is 8.61. The Kier molecular flexibility index (Phi) is 2.86. The number of fused-ring (bicyclic) bond motifs is 3. The molecule has 0 aliphatic rings. The molecule has 0 saturated heterocycles. The van der Waals surface area contributed by atoms with E-state index in [-0.39, 0.29) is 23.7 Å². The minimum Gasteiger partial charge on any atom is -0.389 e. The lowest BCUT2D eigenvalue weighted by molar-refractivity contribution is 0.0582. The van der Waals surface area contributed by atoms with E-state index in [1.165, 1.54) is 4.57 Å². The van der Waals surface area contributed by atoms with Gasteiger partial charge in [-0.1, -0.05) is 18.2 Å². The van der Waals surface area contributed by atoms with Crippen LogP contribution in [0.2, 0.25) is 0 Å². The first-order valence-electron chi connectivity index (χ1n) is 9.26. The number of anilines is 1. The summed E-state index contributed by atoms with van der Waals surface area (Å²) >= 11 is 0. The fraction of sp³-hybridized carbons (Fsp3) is 0.412. The standard InChI is InChI=1S/C17H22N4O2/c1-4-23-9-13-20-14-15(21(13)10-17(2,3)22)11-7-5-6-8-12(11)19-16(14)18/h5-8,22H,4,9-10H2,1-3H3,(H2,18,19)/i4D2,9D2. The molecule has 2 heterocycles. The van der Waals surface area contributed by atoms with E-state index in [0.717, 1.165) is 6.92 Å². The van der Waals surface area contributed by atoms with E-state index in [1.54, 1.807) is 19.9 Å². The molecule has 0 amide bonds. The van der Waals surface area contributed by atoms with Gasteiger partial charge in [0.05, 0.1) is 28.7 Å². The van der Waals surface area contributed by atoms with Crippen molar-refractivity contribution in [1.29, 1.82) is 0 Å². The molecule has 2 aromatic heterocycles. The van der Waals surface area contributed by atoms with E-state index in [9.17, 15) is 5.11 Å². The van der Waals surface area contributed by atoms with Crippen molar-refractivity contribution in [3.63, 3.8) is 0 Å². The molecule has 0 spiro atoms. The molecule has 0 unspecified atom stereocenters. The Morgan fingerprint density at radius 2 is 2.09 bits per heavy atom. The van der Waals surface area contributed by atoms with Gasteiger partial charge < -0.3 is 20.1 Å². The number of para-hydroxylation sites is 1. The maximum atomic E-state index is 10.4. The fourth-order valence-electron chi connectivity index (χ4n) is 2.57. The molecule has 3 N–H and O–H groups in total. The fourth-order valence-corrected chi connectivity index (χ4v) is 2.57. The summed E-state index contributed by atoms with van der Waals surface area (Å²) in [5.41, 5.74) is 6.26. The molecule has 122 valence electrons. The normalized spacial score (nSPS) is 16.2. The maximum Gasteiger partial charge on any atom is 0.152 e. The summed E-state index contributed by atoms with van der Waals surface area (Å²) in [6.07, 6.45) is 0. The Hall–Kier alpha value is -2.18. The summed E-state index contributed by atoms with van der Waals surface area (Å²) in [7, 11) is 0. The number of nitrogens with two attached hydrogens (primary N) is 1. The van der Waals surface area contributed by atoms with Crippen LogP contribution in [-0.4, -0.2) is 31.8 Å². The number of imidazole rings is 1. The summed E-state index contributed by atoms with van der Waals surface area (Å²) in [6, 6.07) is 7.22. The van der Waals surface area contributed by atoms with Crippen molar-refractivity contribution in [2.45, 2.75) is 39.5 Å². The molecule has 1 aromatic carbocycles. The van der Waals surface area contributed by atoms with Crippen molar-refractivity contribution in [2.75, 3.05) is 12.3 Å². The second-order valence-corrected chi connectivity index (χ2v) is 5.95. The second-order valence-electron chi connectivity index (χ2n) is 5.95.